The second-order valence-corrected chi connectivity index (χ2v) is 4.31. The minimum atomic E-state index is -1.62. The first kappa shape index (κ1) is 13.3. The van der Waals surface area contributed by atoms with E-state index < -0.39 is 28.8 Å². The zero-order chi connectivity index (χ0) is 14.0. The van der Waals surface area contributed by atoms with Crippen LogP contribution in [0.3, 0.4) is 0 Å². The summed E-state index contributed by atoms with van der Waals surface area (Å²) in [7, 11) is 0. The third-order valence-corrected chi connectivity index (χ3v) is 2.82. The Kier molecular flexibility index (Phi) is 3.69. The maximum atomic E-state index is 13.4. The number of hydrogen-bond acceptors (Lipinski definition) is 1. The quantitative estimate of drug-likeness (QED) is 0.608. The third-order valence-electron chi connectivity index (χ3n) is 2.82. The van der Waals surface area contributed by atoms with Gasteiger partial charge in [0.25, 0.3) is 0 Å². The molecular weight excluding hydrogens is 253 g/mol. The lowest BCUT2D eigenvalue weighted by atomic mass is 10.0. The van der Waals surface area contributed by atoms with Crippen molar-refractivity contribution in [1.82, 2.24) is 0 Å². The van der Waals surface area contributed by atoms with Crippen molar-refractivity contribution in [2.24, 2.45) is 0 Å². The number of benzene rings is 2. The fourth-order valence-corrected chi connectivity index (χ4v) is 1.73. The summed E-state index contributed by atoms with van der Waals surface area (Å²) in [5.41, 5.74) is 1.30. The number of Topliss-reactive ketones (excluding diaryl/α,β-unsaturated/α-hetero) is 1. The Labute approximate surface area is 108 Å². The Hall–Kier alpha value is -2.10. The van der Waals surface area contributed by atoms with Crippen molar-refractivity contribution in [3.05, 3.63) is 70.5 Å². The van der Waals surface area contributed by atoms with Crippen molar-refractivity contribution in [1.29, 1.82) is 0 Å². The molecule has 0 fully saturated rings. The Morgan fingerprint density at radius 3 is 2.21 bits per heavy atom. The van der Waals surface area contributed by atoms with Gasteiger partial charge in [-0.15, -0.1) is 0 Å². The summed E-state index contributed by atoms with van der Waals surface area (Å²) >= 11 is 0. The highest BCUT2D eigenvalue weighted by molar-refractivity contribution is 5.97. The maximum absolute atomic E-state index is 13.4. The molecule has 4 heteroatoms. The smallest absolute Gasteiger partial charge is 0.195 e. The molecule has 1 nitrogen and oxygen atoms in total. The first-order valence-electron chi connectivity index (χ1n) is 5.71. The summed E-state index contributed by atoms with van der Waals surface area (Å²) in [6.07, 6.45) is -0.0533. The summed E-state index contributed by atoms with van der Waals surface area (Å²) in [5.74, 6) is -4.93. The van der Waals surface area contributed by atoms with Gasteiger partial charge >= 0.3 is 0 Å². The number of carbonyl (C=O) groups excluding carboxylic acids is 1. The van der Waals surface area contributed by atoms with Crippen LogP contribution in [0.1, 0.15) is 21.5 Å². The molecule has 0 spiro atoms. The molecular formula is C15H11F3O. The van der Waals surface area contributed by atoms with E-state index >= 15 is 0 Å². The molecule has 0 N–H and O–H groups in total. The molecule has 2 aromatic carbocycles. The molecule has 2 rings (SSSR count). The Bertz CT molecular complexity index is 618. The average Bonchev–Trinajstić information content (AvgIpc) is 2.39. The van der Waals surface area contributed by atoms with E-state index in [0.717, 1.165) is 17.7 Å². The summed E-state index contributed by atoms with van der Waals surface area (Å²) in [6.45, 7) is 1.90. The monoisotopic (exact) mass is 264 g/mol. The van der Waals surface area contributed by atoms with Crippen LogP contribution < -0.4 is 0 Å². The van der Waals surface area contributed by atoms with Gasteiger partial charge in [-0.3, -0.25) is 4.79 Å². The maximum Gasteiger partial charge on any atom is 0.195 e. The number of carbonyl (C=O) groups is 1. The standard InChI is InChI=1S/C15H11F3O/c1-9-2-4-10(5-3-9)8-13(19)11-6-7-12(16)15(18)14(11)17/h2-7H,8H2,1H3. The van der Waals surface area contributed by atoms with Gasteiger partial charge in [-0.2, -0.15) is 0 Å². The molecule has 0 bridgehead atoms. The van der Waals surface area contributed by atoms with Gasteiger partial charge in [-0.1, -0.05) is 29.8 Å². The van der Waals surface area contributed by atoms with Crippen LogP contribution in [0.2, 0.25) is 0 Å². The van der Waals surface area contributed by atoms with Gasteiger partial charge in [-0.05, 0) is 24.6 Å². The SMILES string of the molecule is Cc1ccc(CC(=O)c2ccc(F)c(F)c2F)cc1. The molecule has 0 atom stereocenters. The minimum absolute atomic E-state index is 0.0533. The van der Waals surface area contributed by atoms with E-state index in [0.29, 0.717) is 5.56 Å². The molecule has 19 heavy (non-hydrogen) atoms. The lowest BCUT2D eigenvalue weighted by molar-refractivity contribution is 0.0988. The Balaban J connectivity index is 2.25. The normalized spacial score (nSPS) is 10.5. The second-order valence-electron chi connectivity index (χ2n) is 4.31. The van der Waals surface area contributed by atoms with Gasteiger partial charge in [0.2, 0.25) is 0 Å². The lowest BCUT2D eigenvalue weighted by Crippen LogP contribution is -2.08. The summed E-state index contributed by atoms with van der Waals surface area (Å²) in [5, 5.41) is 0. The molecule has 0 saturated heterocycles. The molecule has 0 aliphatic carbocycles. The van der Waals surface area contributed by atoms with Crippen molar-refractivity contribution in [3.8, 4) is 0 Å². The fourth-order valence-electron chi connectivity index (χ4n) is 1.73. The van der Waals surface area contributed by atoms with Crippen LogP contribution in [0.5, 0.6) is 0 Å². The zero-order valence-corrected chi connectivity index (χ0v) is 10.2. The topological polar surface area (TPSA) is 17.1 Å². The minimum Gasteiger partial charge on any atom is -0.294 e. The molecule has 0 aliphatic heterocycles. The van der Waals surface area contributed by atoms with E-state index in [-0.39, 0.29) is 6.42 Å². The first-order valence-corrected chi connectivity index (χ1v) is 5.71. The largest absolute Gasteiger partial charge is 0.294 e. The average molecular weight is 264 g/mol. The molecule has 0 aliphatic rings. The van der Waals surface area contributed by atoms with E-state index in [9.17, 15) is 18.0 Å². The number of ketones is 1. The van der Waals surface area contributed by atoms with Crippen molar-refractivity contribution >= 4 is 5.78 Å². The van der Waals surface area contributed by atoms with Crippen LogP contribution in [0.4, 0.5) is 13.2 Å². The highest BCUT2D eigenvalue weighted by Crippen LogP contribution is 2.17. The van der Waals surface area contributed by atoms with Crippen LogP contribution in [0.15, 0.2) is 36.4 Å². The molecule has 0 aromatic heterocycles. The molecule has 0 unspecified atom stereocenters. The fraction of sp³-hybridized carbons (Fsp3) is 0.133. The third kappa shape index (κ3) is 2.84. The van der Waals surface area contributed by atoms with Gasteiger partial charge in [0.05, 0.1) is 5.56 Å². The van der Waals surface area contributed by atoms with Crippen molar-refractivity contribution in [3.63, 3.8) is 0 Å². The van der Waals surface area contributed by atoms with Crippen LogP contribution >= 0.6 is 0 Å². The molecule has 0 heterocycles. The second kappa shape index (κ2) is 5.26. The van der Waals surface area contributed by atoms with E-state index in [1.807, 2.05) is 19.1 Å². The van der Waals surface area contributed by atoms with E-state index in [2.05, 4.69) is 0 Å². The predicted octanol–water partition coefficient (Wildman–Crippen LogP) is 3.84. The van der Waals surface area contributed by atoms with Crippen LogP contribution in [-0.4, -0.2) is 5.78 Å². The highest BCUT2D eigenvalue weighted by atomic mass is 19.2. The van der Waals surface area contributed by atoms with Gasteiger partial charge < -0.3 is 0 Å². The lowest BCUT2D eigenvalue weighted by Gasteiger charge is -2.04. The van der Waals surface area contributed by atoms with Crippen molar-refractivity contribution in [2.75, 3.05) is 0 Å². The Morgan fingerprint density at radius 2 is 1.58 bits per heavy atom. The van der Waals surface area contributed by atoms with Gasteiger partial charge in [0, 0.05) is 6.42 Å². The van der Waals surface area contributed by atoms with Crippen LogP contribution in [0.25, 0.3) is 0 Å². The van der Waals surface area contributed by atoms with E-state index in [4.69, 9.17) is 0 Å². The van der Waals surface area contributed by atoms with Crippen LogP contribution in [0, 0.1) is 24.4 Å². The number of halogens is 3. The first-order chi connectivity index (χ1) is 8.99. The number of hydrogen-bond donors (Lipinski definition) is 0. The molecule has 98 valence electrons. The van der Waals surface area contributed by atoms with Crippen molar-refractivity contribution < 1.29 is 18.0 Å². The Morgan fingerprint density at radius 1 is 0.947 bits per heavy atom. The summed E-state index contributed by atoms with van der Waals surface area (Å²) in [6, 6.07) is 8.84. The van der Waals surface area contributed by atoms with Gasteiger partial charge in [-0.25, -0.2) is 13.2 Å². The zero-order valence-electron chi connectivity index (χ0n) is 10.2. The van der Waals surface area contributed by atoms with E-state index in [1.165, 1.54) is 0 Å². The van der Waals surface area contributed by atoms with E-state index in [1.54, 1.807) is 12.1 Å². The summed E-state index contributed by atoms with van der Waals surface area (Å²) < 4.78 is 39.3. The molecule has 0 amide bonds. The molecule has 0 radical (unpaired) electrons. The van der Waals surface area contributed by atoms with Crippen molar-refractivity contribution in [2.45, 2.75) is 13.3 Å². The van der Waals surface area contributed by atoms with Crippen LogP contribution in [-0.2, 0) is 6.42 Å². The summed E-state index contributed by atoms with van der Waals surface area (Å²) in [4.78, 5) is 11.9. The number of rotatable bonds is 3. The molecule has 2 aromatic rings. The highest BCUT2D eigenvalue weighted by Gasteiger charge is 2.18. The molecule has 0 saturated carbocycles. The number of aryl methyl sites for hydroxylation is 1. The van der Waals surface area contributed by atoms with Gasteiger partial charge in [0.15, 0.2) is 23.2 Å². The van der Waals surface area contributed by atoms with Gasteiger partial charge in [0.1, 0.15) is 0 Å². The predicted molar refractivity (Wildman–Crippen MR) is 65.5 cm³/mol.